The van der Waals surface area contributed by atoms with E-state index in [1.54, 1.807) is 0 Å². The fraction of sp³-hybridized carbons (Fsp3) is 0.105. The summed E-state index contributed by atoms with van der Waals surface area (Å²) >= 11 is 8.84. The van der Waals surface area contributed by atoms with E-state index in [0.29, 0.717) is 4.77 Å². The number of pyridine rings is 1. The summed E-state index contributed by atoms with van der Waals surface area (Å²) in [4.78, 5) is 4.84. The molecule has 0 spiro atoms. The minimum atomic E-state index is 0.628. The van der Waals surface area contributed by atoms with Crippen molar-refractivity contribution < 1.29 is 0 Å². The van der Waals surface area contributed by atoms with E-state index in [9.17, 15) is 0 Å². The number of nitrogens with one attached hydrogen (secondary N) is 1. The van der Waals surface area contributed by atoms with Crippen LogP contribution in [-0.2, 0) is 6.54 Å². The van der Waals surface area contributed by atoms with E-state index in [2.05, 4.69) is 57.3 Å². The summed E-state index contributed by atoms with van der Waals surface area (Å²) in [5, 5.41) is 8.44. The molecule has 4 aromatic rings. The lowest BCUT2D eigenvalue weighted by molar-refractivity contribution is 0.756. The maximum absolute atomic E-state index is 5.36. The minimum Gasteiger partial charge on any atom is -0.300 e. The molecule has 25 heavy (non-hydrogen) atoms. The van der Waals surface area contributed by atoms with Gasteiger partial charge in [-0.15, -0.1) is 0 Å². The van der Waals surface area contributed by atoms with Crippen LogP contribution in [0.2, 0.25) is 0 Å². The maximum atomic E-state index is 5.36. The van der Waals surface area contributed by atoms with Crippen molar-refractivity contribution in [3.63, 3.8) is 0 Å². The van der Waals surface area contributed by atoms with Crippen molar-refractivity contribution in [3.8, 4) is 22.6 Å². The minimum absolute atomic E-state index is 0.628. The van der Waals surface area contributed by atoms with Crippen LogP contribution in [0.15, 0.2) is 59.1 Å². The quantitative estimate of drug-likeness (QED) is 0.446. The predicted molar refractivity (Wildman–Crippen MR) is 107 cm³/mol. The van der Waals surface area contributed by atoms with E-state index >= 15 is 0 Å². The number of hydrogen-bond donors (Lipinski definition) is 1. The molecule has 0 fully saturated rings. The molecule has 0 aliphatic carbocycles. The summed E-state index contributed by atoms with van der Waals surface area (Å²) in [6.45, 7) is 2.82. The van der Waals surface area contributed by atoms with Crippen LogP contribution >= 0.6 is 28.1 Å². The second-order valence-corrected chi connectivity index (χ2v) is 6.98. The zero-order chi connectivity index (χ0) is 17.4. The molecule has 0 aliphatic heterocycles. The van der Waals surface area contributed by atoms with Gasteiger partial charge in [0, 0.05) is 27.5 Å². The fourth-order valence-corrected chi connectivity index (χ4v) is 3.47. The van der Waals surface area contributed by atoms with Crippen molar-refractivity contribution in [1.82, 2.24) is 19.7 Å². The topological polar surface area (TPSA) is 46.5 Å². The Balaban J connectivity index is 2.02. The van der Waals surface area contributed by atoms with Gasteiger partial charge < -0.3 is 4.57 Å². The first-order chi connectivity index (χ1) is 12.2. The van der Waals surface area contributed by atoms with Gasteiger partial charge in [0.1, 0.15) is 0 Å². The van der Waals surface area contributed by atoms with Crippen LogP contribution in [0.5, 0.6) is 0 Å². The van der Waals surface area contributed by atoms with Gasteiger partial charge in [-0.05, 0) is 43.4 Å². The molecule has 0 radical (unpaired) electrons. The van der Waals surface area contributed by atoms with Gasteiger partial charge >= 0.3 is 0 Å². The van der Waals surface area contributed by atoms with Crippen molar-refractivity contribution in [1.29, 1.82) is 0 Å². The summed E-state index contributed by atoms with van der Waals surface area (Å²) in [6.07, 6.45) is 0. The van der Waals surface area contributed by atoms with Gasteiger partial charge in [-0.25, -0.2) is 4.98 Å². The van der Waals surface area contributed by atoms with Crippen molar-refractivity contribution >= 4 is 39.1 Å². The van der Waals surface area contributed by atoms with Crippen LogP contribution < -0.4 is 0 Å². The summed E-state index contributed by atoms with van der Waals surface area (Å²) < 4.78 is 3.68. The van der Waals surface area contributed by atoms with E-state index in [1.807, 2.05) is 34.9 Å². The Bertz CT molecular complexity index is 1110. The van der Waals surface area contributed by atoms with Crippen LogP contribution in [0.1, 0.15) is 6.92 Å². The van der Waals surface area contributed by atoms with Gasteiger partial charge in [-0.3, -0.25) is 5.10 Å². The number of halogens is 1. The number of benzene rings is 2. The SMILES string of the molecule is CCn1c(-c2cc(-c3ccc(Br)cc3)nc3ccccc23)n[nH]c1=S. The van der Waals surface area contributed by atoms with Crippen LogP contribution in [0.25, 0.3) is 33.5 Å². The molecule has 0 saturated heterocycles. The molecule has 6 heteroatoms. The zero-order valence-corrected chi connectivity index (χ0v) is 15.9. The summed E-state index contributed by atoms with van der Waals surface area (Å²) in [6, 6.07) is 18.4. The Labute approximate surface area is 158 Å². The summed E-state index contributed by atoms with van der Waals surface area (Å²) in [5.74, 6) is 0.837. The second-order valence-electron chi connectivity index (χ2n) is 5.68. The van der Waals surface area contributed by atoms with E-state index in [0.717, 1.165) is 44.6 Å². The number of nitrogens with zero attached hydrogens (tertiary/aromatic N) is 3. The lowest BCUT2D eigenvalue weighted by Gasteiger charge is -2.10. The summed E-state index contributed by atoms with van der Waals surface area (Å²) in [5.41, 5.74) is 3.94. The van der Waals surface area contributed by atoms with E-state index < -0.39 is 0 Å². The Kier molecular flexibility index (Phi) is 4.23. The van der Waals surface area contributed by atoms with Crippen molar-refractivity contribution in [2.45, 2.75) is 13.5 Å². The zero-order valence-electron chi connectivity index (χ0n) is 13.5. The predicted octanol–water partition coefficient (Wildman–Crippen LogP) is 5.61. The highest BCUT2D eigenvalue weighted by molar-refractivity contribution is 9.10. The third kappa shape index (κ3) is 2.92. The molecule has 0 unspecified atom stereocenters. The van der Waals surface area contributed by atoms with Crippen LogP contribution in [0.3, 0.4) is 0 Å². The molecule has 2 aromatic heterocycles. The Hall–Kier alpha value is -2.31. The van der Waals surface area contributed by atoms with E-state index in [4.69, 9.17) is 17.2 Å². The van der Waals surface area contributed by atoms with Gasteiger partial charge in [0.05, 0.1) is 11.2 Å². The molecular formula is C19H15BrN4S. The van der Waals surface area contributed by atoms with Crippen LogP contribution in [0, 0.1) is 4.77 Å². The number of H-pyrrole nitrogens is 1. The Morgan fingerprint density at radius 1 is 1.12 bits per heavy atom. The fourth-order valence-electron chi connectivity index (χ4n) is 2.95. The molecule has 0 saturated carbocycles. The second kappa shape index (κ2) is 6.54. The molecule has 1 N–H and O–H groups in total. The molecule has 0 bridgehead atoms. The molecular weight excluding hydrogens is 396 g/mol. The molecule has 2 heterocycles. The Morgan fingerprint density at radius 2 is 1.88 bits per heavy atom. The molecule has 0 amide bonds. The largest absolute Gasteiger partial charge is 0.300 e. The number of aromatic amines is 1. The Morgan fingerprint density at radius 3 is 2.64 bits per heavy atom. The summed E-state index contributed by atoms with van der Waals surface area (Å²) in [7, 11) is 0. The van der Waals surface area contributed by atoms with Crippen molar-refractivity contribution in [3.05, 3.63) is 63.8 Å². The highest BCUT2D eigenvalue weighted by Gasteiger charge is 2.14. The number of aromatic nitrogens is 4. The van der Waals surface area contributed by atoms with Crippen LogP contribution in [-0.4, -0.2) is 19.7 Å². The van der Waals surface area contributed by atoms with Gasteiger partial charge in [-0.2, -0.15) is 5.10 Å². The molecule has 0 aliphatic rings. The van der Waals surface area contributed by atoms with Gasteiger partial charge in [0.15, 0.2) is 10.6 Å². The highest BCUT2D eigenvalue weighted by Crippen LogP contribution is 2.31. The normalized spacial score (nSPS) is 11.1. The average molecular weight is 411 g/mol. The molecule has 4 rings (SSSR count). The van der Waals surface area contributed by atoms with Crippen molar-refractivity contribution in [2.75, 3.05) is 0 Å². The third-order valence-electron chi connectivity index (χ3n) is 4.17. The molecule has 124 valence electrons. The first-order valence-electron chi connectivity index (χ1n) is 7.98. The lowest BCUT2D eigenvalue weighted by Crippen LogP contribution is -1.99. The van der Waals surface area contributed by atoms with Crippen LogP contribution in [0.4, 0.5) is 0 Å². The lowest BCUT2D eigenvalue weighted by atomic mass is 10.0. The molecule has 2 aromatic carbocycles. The third-order valence-corrected chi connectivity index (χ3v) is 5.01. The number of para-hydroxylation sites is 1. The molecule has 0 atom stereocenters. The van der Waals surface area contributed by atoms with Gasteiger partial charge in [0.25, 0.3) is 0 Å². The van der Waals surface area contributed by atoms with E-state index in [1.165, 1.54) is 0 Å². The number of rotatable bonds is 3. The van der Waals surface area contributed by atoms with Gasteiger partial charge in [0.2, 0.25) is 0 Å². The number of hydrogen-bond acceptors (Lipinski definition) is 3. The first kappa shape index (κ1) is 16.2. The smallest absolute Gasteiger partial charge is 0.195 e. The van der Waals surface area contributed by atoms with E-state index in [-0.39, 0.29) is 0 Å². The molecule has 4 nitrogen and oxygen atoms in total. The first-order valence-corrected chi connectivity index (χ1v) is 9.19. The maximum Gasteiger partial charge on any atom is 0.195 e. The number of fused-ring (bicyclic) bond motifs is 1. The monoisotopic (exact) mass is 410 g/mol. The standard InChI is InChI=1S/C19H15BrN4S/c1-2-24-18(22-23-19(24)25)15-11-17(12-7-9-13(20)10-8-12)21-16-6-4-3-5-14(15)16/h3-11H,2H2,1H3,(H,23,25). The van der Waals surface area contributed by atoms with Gasteiger partial charge in [-0.1, -0.05) is 46.3 Å². The highest BCUT2D eigenvalue weighted by atomic mass is 79.9. The average Bonchev–Trinajstić information content (AvgIpc) is 3.02. The van der Waals surface area contributed by atoms with Crippen molar-refractivity contribution in [2.24, 2.45) is 0 Å².